The lowest BCUT2D eigenvalue weighted by molar-refractivity contribution is 0.102. The van der Waals surface area contributed by atoms with Crippen LogP contribution < -0.4 is 10.1 Å². The Morgan fingerprint density at radius 3 is 2.37 bits per heavy atom. The van der Waals surface area contributed by atoms with E-state index in [1.165, 1.54) is 11.0 Å². The highest BCUT2D eigenvalue weighted by Crippen LogP contribution is 2.19. The lowest BCUT2D eigenvalue weighted by atomic mass is 10.2. The van der Waals surface area contributed by atoms with Crippen molar-refractivity contribution in [3.8, 4) is 5.75 Å². The molecule has 0 aromatic heterocycles. The Kier molecular flexibility index (Phi) is 6.44. The Morgan fingerprint density at radius 1 is 0.926 bits per heavy atom. The van der Waals surface area contributed by atoms with Gasteiger partial charge in [0.2, 0.25) is 0 Å². The van der Waals surface area contributed by atoms with Gasteiger partial charge in [-0.25, -0.2) is 8.78 Å². The Labute approximate surface area is 160 Å². The van der Waals surface area contributed by atoms with Crippen LogP contribution in [-0.2, 0) is 0 Å². The van der Waals surface area contributed by atoms with Crippen LogP contribution in [0.5, 0.6) is 5.75 Å². The molecule has 1 amide bonds. The summed E-state index contributed by atoms with van der Waals surface area (Å²) in [6, 6.07) is 19.9. The number of hydrogen-bond donors (Lipinski definition) is 1. The van der Waals surface area contributed by atoms with E-state index in [2.05, 4.69) is 5.32 Å². The van der Waals surface area contributed by atoms with Crippen LogP contribution in [0.2, 0.25) is 0 Å². The van der Waals surface area contributed by atoms with Crippen LogP contribution in [0.15, 0.2) is 77.7 Å². The minimum absolute atomic E-state index is 0.192. The zero-order valence-corrected chi connectivity index (χ0v) is 15.1. The lowest BCUT2D eigenvalue weighted by Gasteiger charge is -2.08. The van der Waals surface area contributed by atoms with E-state index >= 15 is 0 Å². The van der Waals surface area contributed by atoms with Gasteiger partial charge in [0.25, 0.3) is 5.91 Å². The maximum atomic E-state index is 13.2. The number of benzene rings is 3. The van der Waals surface area contributed by atoms with Gasteiger partial charge in [-0.2, -0.15) is 0 Å². The Bertz CT molecular complexity index is 902. The minimum atomic E-state index is -1.01. The van der Waals surface area contributed by atoms with Crippen molar-refractivity contribution in [2.24, 2.45) is 0 Å². The number of amides is 1. The van der Waals surface area contributed by atoms with Gasteiger partial charge in [0.15, 0.2) is 11.6 Å². The maximum absolute atomic E-state index is 13.2. The fourth-order valence-corrected chi connectivity index (χ4v) is 3.07. The van der Waals surface area contributed by atoms with E-state index < -0.39 is 17.5 Å². The minimum Gasteiger partial charge on any atom is -0.493 e. The number of hydrogen-bond acceptors (Lipinski definition) is 3. The van der Waals surface area contributed by atoms with Gasteiger partial charge in [0, 0.05) is 28.0 Å². The molecule has 3 nitrogen and oxygen atoms in total. The van der Waals surface area contributed by atoms with Crippen LogP contribution in [0.3, 0.4) is 0 Å². The van der Waals surface area contributed by atoms with E-state index in [0.29, 0.717) is 17.9 Å². The van der Waals surface area contributed by atoms with Gasteiger partial charge in [0.1, 0.15) is 5.75 Å². The van der Waals surface area contributed by atoms with Crippen LogP contribution >= 0.6 is 11.8 Å². The molecule has 0 spiro atoms. The molecule has 0 unspecified atom stereocenters. The predicted molar refractivity (Wildman–Crippen MR) is 103 cm³/mol. The molecule has 0 aliphatic heterocycles. The van der Waals surface area contributed by atoms with Crippen LogP contribution in [0, 0.1) is 11.6 Å². The quantitative estimate of drug-likeness (QED) is 0.438. The van der Waals surface area contributed by atoms with Crippen molar-refractivity contribution in [2.75, 3.05) is 17.7 Å². The first-order valence-electron chi connectivity index (χ1n) is 8.29. The SMILES string of the molecule is O=C(Nc1ccc(F)c(F)c1)c1ccc(OCCSc2ccccc2)cc1. The molecule has 0 radical (unpaired) electrons. The third-order valence-corrected chi connectivity index (χ3v) is 4.63. The highest BCUT2D eigenvalue weighted by atomic mass is 32.2. The third kappa shape index (κ3) is 5.56. The van der Waals surface area contributed by atoms with Crippen molar-refractivity contribution >= 4 is 23.4 Å². The van der Waals surface area contributed by atoms with Crippen LogP contribution in [-0.4, -0.2) is 18.3 Å². The molecule has 0 atom stereocenters. The van der Waals surface area contributed by atoms with Gasteiger partial charge < -0.3 is 10.1 Å². The largest absolute Gasteiger partial charge is 0.493 e. The van der Waals surface area contributed by atoms with Crippen molar-refractivity contribution in [3.05, 3.63) is 90.0 Å². The molecular formula is C21H17F2NO2S. The number of halogens is 2. The fraction of sp³-hybridized carbons (Fsp3) is 0.0952. The van der Waals surface area contributed by atoms with E-state index in [9.17, 15) is 13.6 Å². The molecule has 6 heteroatoms. The summed E-state index contributed by atoms with van der Waals surface area (Å²) in [5, 5.41) is 2.53. The molecule has 0 saturated carbocycles. The van der Waals surface area contributed by atoms with Crippen molar-refractivity contribution < 1.29 is 18.3 Å². The zero-order valence-electron chi connectivity index (χ0n) is 14.3. The predicted octanol–water partition coefficient (Wildman–Crippen LogP) is 5.39. The van der Waals surface area contributed by atoms with Gasteiger partial charge in [-0.3, -0.25) is 4.79 Å². The number of ether oxygens (including phenoxy) is 1. The molecule has 27 heavy (non-hydrogen) atoms. The first-order valence-corrected chi connectivity index (χ1v) is 9.27. The highest BCUT2D eigenvalue weighted by molar-refractivity contribution is 7.99. The fourth-order valence-electron chi connectivity index (χ4n) is 2.32. The van der Waals surface area contributed by atoms with Gasteiger partial charge in [-0.15, -0.1) is 11.8 Å². The number of rotatable bonds is 7. The average molecular weight is 385 g/mol. The molecule has 0 fully saturated rings. The second-order valence-corrected chi connectivity index (χ2v) is 6.79. The third-order valence-electron chi connectivity index (χ3n) is 3.66. The van der Waals surface area contributed by atoms with Crippen molar-refractivity contribution in [2.45, 2.75) is 4.90 Å². The molecule has 0 heterocycles. The summed E-state index contributed by atoms with van der Waals surface area (Å²) < 4.78 is 31.8. The lowest BCUT2D eigenvalue weighted by Crippen LogP contribution is -2.12. The highest BCUT2D eigenvalue weighted by Gasteiger charge is 2.08. The van der Waals surface area contributed by atoms with Crippen molar-refractivity contribution in [1.29, 1.82) is 0 Å². The summed E-state index contributed by atoms with van der Waals surface area (Å²) >= 11 is 1.70. The van der Waals surface area contributed by atoms with E-state index in [1.54, 1.807) is 36.0 Å². The Balaban J connectivity index is 1.49. The van der Waals surface area contributed by atoms with E-state index in [4.69, 9.17) is 4.74 Å². The van der Waals surface area contributed by atoms with Crippen molar-refractivity contribution in [3.63, 3.8) is 0 Å². The summed E-state index contributed by atoms with van der Waals surface area (Å²) in [4.78, 5) is 13.4. The Hall–Kier alpha value is -2.86. The number of carbonyl (C=O) groups is 1. The summed E-state index contributed by atoms with van der Waals surface area (Å²) in [7, 11) is 0. The number of thioether (sulfide) groups is 1. The number of carbonyl (C=O) groups excluding carboxylic acids is 1. The van der Waals surface area contributed by atoms with Gasteiger partial charge in [0.05, 0.1) is 6.61 Å². The summed E-state index contributed by atoms with van der Waals surface area (Å²) in [6.07, 6.45) is 0. The second kappa shape index (κ2) is 9.19. The Morgan fingerprint density at radius 2 is 1.67 bits per heavy atom. The van der Waals surface area contributed by atoms with Gasteiger partial charge in [-0.1, -0.05) is 18.2 Å². The molecule has 3 aromatic rings. The van der Waals surface area contributed by atoms with E-state index in [0.717, 1.165) is 17.9 Å². The average Bonchev–Trinajstić information content (AvgIpc) is 2.69. The molecule has 0 bridgehead atoms. The monoisotopic (exact) mass is 385 g/mol. The zero-order chi connectivity index (χ0) is 19.1. The first-order chi connectivity index (χ1) is 13.1. The normalized spacial score (nSPS) is 10.4. The molecule has 138 valence electrons. The molecular weight excluding hydrogens is 368 g/mol. The molecule has 3 rings (SSSR count). The second-order valence-electron chi connectivity index (χ2n) is 5.62. The maximum Gasteiger partial charge on any atom is 0.255 e. The van der Waals surface area contributed by atoms with E-state index in [-0.39, 0.29) is 5.69 Å². The molecule has 1 N–H and O–H groups in total. The summed E-state index contributed by atoms with van der Waals surface area (Å²) in [5.41, 5.74) is 0.586. The number of nitrogens with one attached hydrogen (secondary N) is 1. The van der Waals surface area contributed by atoms with Crippen molar-refractivity contribution in [1.82, 2.24) is 0 Å². The van der Waals surface area contributed by atoms with Gasteiger partial charge in [-0.05, 0) is 48.5 Å². The van der Waals surface area contributed by atoms with Gasteiger partial charge >= 0.3 is 0 Å². The standard InChI is InChI=1S/C21H17F2NO2S/c22-19-11-8-16(14-20(19)23)24-21(25)15-6-9-17(10-7-15)26-12-13-27-18-4-2-1-3-5-18/h1-11,14H,12-13H2,(H,24,25). The topological polar surface area (TPSA) is 38.3 Å². The summed E-state index contributed by atoms with van der Waals surface area (Å²) in [6.45, 7) is 0.542. The van der Waals surface area contributed by atoms with E-state index in [1.807, 2.05) is 30.3 Å². The molecule has 0 aliphatic rings. The number of anilines is 1. The molecule has 0 saturated heterocycles. The van der Waals surface area contributed by atoms with Crippen LogP contribution in [0.1, 0.15) is 10.4 Å². The van der Waals surface area contributed by atoms with Crippen LogP contribution in [0.4, 0.5) is 14.5 Å². The van der Waals surface area contributed by atoms with Crippen LogP contribution in [0.25, 0.3) is 0 Å². The molecule has 3 aromatic carbocycles. The molecule has 0 aliphatic carbocycles. The smallest absolute Gasteiger partial charge is 0.255 e. The summed E-state index contributed by atoms with van der Waals surface area (Å²) in [5.74, 6) is -0.910. The first kappa shape index (κ1) is 18.9.